The van der Waals surface area contributed by atoms with Gasteiger partial charge < -0.3 is 0 Å². The molecule has 0 atom stereocenters. The third-order valence-corrected chi connectivity index (χ3v) is 7.43. The molecule has 1 aromatic carbocycles. The van der Waals surface area contributed by atoms with Crippen LogP contribution in [0.3, 0.4) is 0 Å². The maximum Gasteiger partial charge on any atom is 0.242 e. The molecule has 0 saturated carbocycles. The molecule has 0 radical (unpaired) electrons. The summed E-state index contributed by atoms with van der Waals surface area (Å²) in [5, 5.41) is 0. The highest BCUT2D eigenvalue weighted by Crippen LogP contribution is 2.17. The molecule has 3 nitrogen and oxygen atoms in total. The summed E-state index contributed by atoms with van der Waals surface area (Å²) in [7, 11) is -1.65. The minimum Gasteiger partial charge on any atom is -0.207 e. The van der Waals surface area contributed by atoms with E-state index in [1.54, 1.807) is 19.2 Å². The van der Waals surface area contributed by atoms with Gasteiger partial charge >= 0.3 is 0 Å². The molecular weight excluding hydrogens is 366 g/mol. The summed E-state index contributed by atoms with van der Waals surface area (Å²) in [5.74, 6) is 0. The Kier molecular flexibility index (Phi) is 13.5. The first-order valence-corrected chi connectivity index (χ1v) is 13.0. The predicted molar refractivity (Wildman–Crippen MR) is 121 cm³/mol. The molecular formula is C24H43NO2S. The average molecular weight is 410 g/mol. The van der Waals surface area contributed by atoms with Crippen molar-refractivity contribution < 1.29 is 8.42 Å². The molecule has 4 heteroatoms. The Hall–Kier alpha value is -0.870. The Labute approximate surface area is 175 Å². The van der Waals surface area contributed by atoms with Crippen molar-refractivity contribution in [1.82, 2.24) is 4.31 Å². The lowest BCUT2D eigenvalue weighted by molar-refractivity contribution is 0.447. The van der Waals surface area contributed by atoms with Crippen molar-refractivity contribution in [2.45, 2.75) is 109 Å². The summed E-state index contributed by atoms with van der Waals surface area (Å²) in [6, 6.07) is 7.11. The second kappa shape index (κ2) is 15.0. The molecule has 0 aliphatic rings. The number of benzene rings is 1. The molecule has 0 fully saturated rings. The average Bonchev–Trinajstić information content (AvgIpc) is 2.68. The van der Waals surface area contributed by atoms with Crippen LogP contribution in [0.4, 0.5) is 0 Å². The van der Waals surface area contributed by atoms with Crippen LogP contribution in [0.25, 0.3) is 0 Å². The lowest BCUT2D eigenvalue weighted by Crippen LogP contribution is -2.27. The van der Waals surface area contributed by atoms with Gasteiger partial charge in [0.15, 0.2) is 0 Å². The van der Waals surface area contributed by atoms with E-state index < -0.39 is 10.0 Å². The highest BCUT2D eigenvalue weighted by molar-refractivity contribution is 7.89. The van der Waals surface area contributed by atoms with Crippen LogP contribution in [0, 0.1) is 6.92 Å². The fourth-order valence-electron chi connectivity index (χ4n) is 3.54. The third kappa shape index (κ3) is 10.6. The molecule has 1 rings (SSSR count). The van der Waals surface area contributed by atoms with Crippen molar-refractivity contribution >= 4 is 10.0 Å². The maximum absolute atomic E-state index is 12.5. The standard InChI is InChI=1S/C24H43NO2S/c1-4-5-6-7-8-9-10-11-12-13-14-15-16-17-22-25(3)28(26,27)24-20-18-23(2)19-21-24/h18-21H,4-17,22H2,1-3H3. The first kappa shape index (κ1) is 25.2. The molecule has 0 aromatic heterocycles. The zero-order chi connectivity index (χ0) is 20.7. The normalized spacial score (nSPS) is 12.0. The molecule has 0 aliphatic heterocycles. The van der Waals surface area contributed by atoms with Crippen molar-refractivity contribution in [2.24, 2.45) is 0 Å². The zero-order valence-electron chi connectivity index (χ0n) is 18.6. The first-order chi connectivity index (χ1) is 13.5. The Morgan fingerprint density at radius 2 is 1.07 bits per heavy atom. The Bertz CT molecular complexity index is 596. The van der Waals surface area contributed by atoms with Crippen molar-refractivity contribution in [2.75, 3.05) is 13.6 Å². The third-order valence-electron chi connectivity index (χ3n) is 5.56. The topological polar surface area (TPSA) is 37.4 Å². The van der Waals surface area contributed by atoms with Gasteiger partial charge in [-0.3, -0.25) is 0 Å². The minimum atomic E-state index is -3.34. The number of sulfonamides is 1. The first-order valence-electron chi connectivity index (χ1n) is 11.5. The molecule has 0 heterocycles. The Morgan fingerprint density at radius 1 is 0.679 bits per heavy atom. The van der Waals surface area contributed by atoms with Crippen LogP contribution in [0.15, 0.2) is 29.2 Å². The van der Waals surface area contributed by atoms with E-state index >= 15 is 0 Å². The molecule has 0 bridgehead atoms. The van der Waals surface area contributed by atoms with E-state index in [1.807, 2.05) is 19.1 Å². The fourth-order valence-corrected chi connectivity index (χ4v) is 4.75. The maximum atomic E-state index is 12.5. The summed E-state index contributed by atoms with van der Waals surface area (Å²) in [6.07, 6.45) is 18.4. The van der Waals surface area contributed by atoms with Gasteiger partial charge in [-0.25, -0.2) is 12.7 Å². The molecule has 0 N–H and O–H groups in total. The molecule has 0 amide bonds. The summed E-state index contributed by atoms with van der Waals surface area (Å²) in [5.41, 5.74) is 1.08. The molecule has 0 spiro atoms. The molecule has 0 aliphatic carbocycles. The van der Waals surface area contributed by atoms with E-state index in [9.17, 15) is 8.42 Å². The lowest BCUT2D eigenvalue weighted by Gasteiger charge is -2.17. The van der Waals surface area contributed by atoms with Gasteiger partial charge in [-0.1, -0.05) is 108 Å². The number of unbranched alkanes of at least 4 members (excludes halogenated alkanes) is 13. The number of hydrogen-bond donors (Lipinski definition) is 0. The van der Waals surface area contributed by atoms with Gasteiger partial charge in [0, 0.05) is 13.6 Å². The van der Waals surface area contributed by atoms with E-state index in [0.29, 0.717) is 11.4 Å². The molecule has 28 heavy (non-hydrogen) atoms. The van der Waals surface area contributed by atoms with Crippen LogP contribution in [0.1, 0.15) is 102 Å². The van der Waals surface area contributed by atoms with Crippen LogP contribution >= 0.6 is 0 Å². The van der Waals surface area contributed by atoms with Crippen molar-refractivity contribution in [1.29, 1.82) is 0 Å². The second-order valence-corrected chi connectivity index (χ2v) is 10.3. The number of aryl methyl sites for hydroxylation is 1. The van der Waals surface area contributed by atoms with Gasteiger partial charge in [0.1, 0.15) is 0 Å². The lowest BCUT2D eigenvalue weighted by atomic mass is 10.0. The van der Waals surface area contributed by atoms with Gasteiger partial charge in [-0.15, -0.1) is 0 Å². The quantitative estimate of drug-likeness (QED) is 0.257. The van der Waals surface area contributed by atoms with E-state index in [4.69, 9.17) is 0 Å². The van der Waals surface area contributed by atoms with Crippen LogP contribution in [0.5, 0.6) is 0 Å². The SMILES string of the molecule is CCCCCCCCCCCCCCCCN(C)S(=O)(=O)c1ccc(C)cc1. The van der Waals surface area contributed by atoms with Crippen LogP contribution in [-0.4, -0.2) is 26.3 Å². The van der Waals surface area contributed by atoms with E-state index in [1.165, 1.54) is 81.4 Å². The highest BCUT2D eigenvalue weighted by Gasteiger charge is 2.19. The van der Waals surface area contributed by atoms with E-state index in [2.05, 4.69) is 6.92 Å². The Morgan fingerprint density at radius 3 is 1.50 bits per heavy atom. The van der Waals surface area contributed by atoms with Crippen LogP contribution < -0.4 is 0 Å². The van der Waals surface area contributed by atoms with Crippen molar-refractivity contribution in [3.63, 3.8) is 0 Å². The minimum absolute atomic E-state index is 0.394. The number of rotatable bonds is 17. The summed E-state index contributed by atoms with van der Waals surface area (Å²) < 4.78 is 26.6. The van der Waals surface area contributed by atoms with E-state index in [0.717, 1.165) is 18.4 Å². The van der Waals surface area contributed by atoms with Gasteiger partial charge in [-0.2, -0.15) is 0 Å². The number of nitrogens with zero attached hydrogens (tertiary/aromatic N) is 1. The van der Waals surface area contributed by atoms with E-state index in [-0.39, 0.29) is 0 Å². The number of hydrogen-bond acceptors (Lipinski definition) is 2. The summed E-state index contributed by atoms with van der Waals surface area (Å²) >= 11 is 0. The Balaban J connectivity index is 2.00. The zero-order valence-corrected chi connectivity index (χ0v) is 19.4. The van der Waals surface area contributed by atoms with Gasteiger partial charge in [-0.05, 0) is 25.5 Å². The summed E-state index contributed by atoms with van der Waals surface area (Å²) in [6.45, 7) is 4.84. The highest BCUT2D eigenvalue weighted by atomic mass is 32.2. The van der Waals surface area contributed by atoms with Crippen LogP contribution in [-0.2, 0) is 10.0 Å². The molecule has 0 unspecified atom stereocenters. The van der Waals surface area contributed by atoms with Crippen molar-refractivity contribution in [3.05, 3.63) is 29.8 Å². The van der Waals surface area contributed by atoms with Gasteiger partial charge in [0.05, 0.1) is 4.90 Å². The van der Waals surface area contributed by atoms with Crippen LogP contribution in [0.2, 0.25) is 0 Å². The monoisotopic (exact) mass is 409 g/mol. The second-order valence-electron chi connectivity index (χ2n) is 8.24. The summed E-state index contributed by atoms with van der Waals surface area (Å²) in [4.78, 5) is 0.394. The molecule has 1 aromatic rings. The fraction of sp³-hybridized carbons (Fsp3) is 0.750. The predicted octanol–water partition coefficient (Wildman–Crippen LogP) is 7.10. The molecule has 0 saturated heterocycles. The van der Waals surface area contributed by atoms with Gasteiger partial charge in [0.2, 0.25) is 10.0 Å². The molecule has 162 valence electrons. The smallest absolute Gasteiger partial charge is 0.207 e. The van der Waals surface area contributed by atoms with Crippen molar-refractivity contribution in [3.8, 4) is 0 Å². The largest absolute Gasteiger partial charge is 0.242 e. The van der Waals surface area contributed by atoms with Gasteiger partial charge in [0.25, 0.3) is 0 Å².